The number of aliphatic carboxylic acids is 1. The van der Waals surface area contributed by atoms with E-state index in [0.717, 1.165) is 28.6 Å². The van der Waals surface area contributed by atoms with Gasteiger partial charge in [0.2, 0.25) is 0 Å². The number of rotatable bonds is 8. The second-order valence-corrected chi connectivity index (χ2v) is 5.93. The first-order chi connectivity index (χ1) is 11.0. The molecule has 0 amide bonds. The summed E-state index contributed by atoms with van der Waals surface area (Å²) in [5, 5.41) is 17.5. The maximum absolute atomic E-state index is 10.7. The summed E-state index contributed by atoms with van der Waals surface area (Å²) in [6, 6.07) is 5.97. The molecule has 0 aliphatic heterocycles. The Hall–Kier alpha value is -2.28. The first-order valence-electron chi connectivity index (χ1n) is 7.09. The SMILES string of the molecule is C=CCn1c(COc2c(C)cccc2C)nnc1SCC(=O)O. The smallest absolute Gasteiger partial charge is 0.313 e. The molecule has 1 N–H and O–H groups in total. The normalized spacial score (nSPS) is 10.5. The van der Waals surface area contributed by atoms with Crippen molar-refractivity contribution in [2.24, 2.45) is 0 Å². The van der Waals surface area contributed by atoms with Crippen LogP contribution in [0.2, 0.25) is 0 Å². The Morgan fingerprint density at radius 2 is 2.09 bits per heavy atom. The molecule has 0 aliphatic carbocycles. The third-order valence-corrected chi connectivity index (χ3v) is 4.14. The minimum atomic E-state index is -0.892. The van der Waals surface area contributed by atoms with E-state index in [1.807, 2.05) is 36.6 Å². The van der Waals surface area contributed by atoms with Crippen LogP contribution in [0.15, 0.2) is 36.0 Å². The van der Waals surface area contributed by atoms with E-state index in [2.05, 4.69) is 16.8 Å². The molecule has 0 atom stereocenters. The topological polar surface area (TPSA) is 77.2 Å². The van der Waals surface area contributed by atoms with Crippen molar-refractivity contribution in [3.05, 3.63) is 47.8 Å². The molecule has 1 aromatic carbocycles. The highest BCUT2D eigenvalue weighted by atomic mass is 32.2. The van der Waals surface area contributed by atoms with E-state index >= 15 is 0 Å². The number of para-hydroxylation sites is 1. The molecule has 1 heterocycles. The summed E-state index contributed by atoms with van der Waals surface area (Å²) in [6.45, 7) is 8.46. The molecule has 6 nitrogen and oxygen atoms in total. The number of allylic oxidation sites excluding steroid dienone is 1. The lowest BCUT2D eigenvalue weighted by Crippen LogP contribution is -2.09. The van der Waals surface area contributed by atoms with E-state index in [4.69, 9.17) is 9.84 Å². The fourth-order valence-corrected chi connectivity index (χ4v) is 2.82. The van der Waals surface area contributed by atoms with Crippen molar-refractivity contribution in [2.45, 2.75) is 32.2 Å². The van der Waals surface area contributed by atoms with E-state index in [0.29, 0.717) is 17.5 Å². The van der Waals surface area contributed by atoms with Gasteiger partial charge in [-0.2, -0.15) is 0 Å². The molecule has 0 saturated carbocycles. The number of aryl methyl sites for hydroxylation is 2. The van der Waals surface area contributed by atoms with Gasteiger partial charge in [-0.15, -0.1) is 16.8 Å². The number of aromatic nitrogens is 3. The van der Waals surface area contributed by atoms with Crippen molar-refractivity contribution in [1.82, 2.24) is 14.8 Å². The number of thioether (sulfide) groups is 1. The molecule has 0 bridgehead atoms. The zero-order chi connectivity index (χ0) is 16.8. The van der Waals surface area contributed by atoms with Crippen LogP contribution in [-0.2, 0) is 17.9 Å². The predicted octanol–water partition coefficient (Wildman–Crippen LogP) is 2.84. The highest BCUT2D eigenvalue weighted by Gasteiger charge is 2.14. The van der Waals surface area contributed by atoms with E-state index < -0.39 is 5.97 Å². The van der Waals surface area contributed by atoms with Crippen molar-refractivity contribution in [2.75, 3.05) is 5.75 Å². The predicted molar refractivity (Wildman–Crippen MR) is 88.8 cm³/mol. The quantitative estimate of drug-likeness (QED) is 0.591. The average Bonchev–Trinajstić information content (AvgIpc) is 2.87. The summed E-state index contributed by atoms with van der Waals surface area (Å²) in [6.07, 6.45) is 1.72. The van der Waals surface area contributed by atoms with Gasteiger partial charge in [0.25, 0.3) is 0 Å². The molecule has 0 fully saturated rings. The number of hydrogen-bond donors (Lipinski definition) is 1. The van der Waals surface area contributed by atoms with Gasteiger partial charge in [-0.3, -0.25) is 9.36 Å². The Labute approximate surface area is 139 Å². The highest BCUT2D eigenvalue weighted by Crippen LogP contribution is 2.24. The van der Waals surface area contributed by atoms with E-state index in [-0.39, 0.29) is 12.4 Å². The van der Waals surface area contributed by atoms with Gasteiger partial charge in [0.05, 0.1) is 5.75 Å². The van der Waals surface area contributed by atoms with E-state index in [1.165, 1.54) is 0 Å². The maximum atomic E-state index is 10.7. The first-order valence-corrected chi connectivity index (χ1v) is 8.08. The molecule has 0 radical (unpaired) electrons. The van der Waals surface area contributed by atoms with Crippen LogP contribution < -0.4 is 4.74 Å². The van der Waals surface area contributed by atoms with Crippen molar-refractivity contribution < 1.29 is 14.6 Å². The van der Waals surface area contributed by atoms with Crippen LogP contribution in [-0.4, -0.2) is 31.6 Å². The zero-order valence-electron chi connectivity index (χ0n) is 13.2. The lowest BCUT2D eigenvalue weighted by atomic mass is 10.1. The first kappa shape index (κ1) is 17.1. The highest BCUT2D eigenvalue weighted by molar-refractivity contribution is 7.99. The monoisotopic (exact) mass is 333 g/mol. The summed E-state index contributed by atoms with van der Waals surface area (Å²) in [4.78, 5) is 10.7. The maximum Gasteiger partial charge on any atom is 0.313 e. The minimum absolute atomic E-state index is 0.0625. The van der Waals surface area contributed by atoms with Gasteiger partial charge in [-0.05, 0) is 25.0 Å². The lowest BCUT2D eigenvalue weighted by Gasteiger charge is -2.12. The molecule has 0 unspecified atom stereocenters. The van der Waals surface area contributed by atoms with E-state index in [9.17, 15) is 4.79 Å². The summed E-state index contributed by atoms with van der Waals surface area (Å²) in [7, 11) is 0. The fourth-order valence-electron chi connectivity index (χ4n) is 2.13. The zero-order valence-corrected chi connectivity index (χ0v) is 14.0. The van der Waals surface area contributed by atoms with Gasteiger partial charge in [0.1, 0.15) is 12.4 Å². The third-order valence-electron chi connectivity index (χ3n) is 3.18. The number of nitrogens with zero attached hydrogens (tertiary/aromatic N) is 3. The molecule has 1 aromatic heterocycles. The Morgan fingerprint density at radius 1 is 1.39 bits per heavy atom. The summed E-state index contributed by atoms with van der Waals surface area (Å²) < 4.78 is 7.71. The van der Waals surface area contributed by atoms with E-state index in [1.54, 1.807) is 6.08 Å². The number of benzene rings is 1. The van der Waals surface area contributed by atoms with Crippen LogP contribution >= 0.6 is 11.8 Å². The molecule has 122 valence electrons. The Balaban J connectivity index is 2.16. The third kappa shape index (κ3) is 4.35. The summed E-state index contributed by atoms with van der Waals surface area (Å²) >= 11 is 1.13. The summed E-state index contributed by atoms with van der Waals surface area (Å²) in [5.41, 5.74) is 2.11. The van der Waals surface area contributed by atoms with Crippen LogP contribution in [0.3, 0.4) is 0 Å². The molecular formula is C16H19N3O3S. The second-order valence-electron chi connectivity index (χ2n) is 4.99. The minimum Gasteiger partial charge on any atom is -0.485 e. The average molecular weight is 333 g/mol. The van der Waals surface area contributed by atoms with Crippen molar-refractivity contribution >= 4 is 17.7 Å². The van der Waals surface area contributed by atoms with Gasteiger partial charge in [0.15, 0.2) is 11.0 Å². The number of ether oxygens (including phenoxy) is 1. The Morgan fingerprint density at radius 3 is 2.70 bits per heavy atom. The van der Waals surface area contributed by atoms with Gasteiger partial charge in [-0.1, -0.05) is 36.0 Å². The molecule has 23 heavy (non-hydrogen) atoms. The fraction of sp³-hybridized carbons (Fsp3) is 0.312. The molecule has 2 rings (SSSR count). The van der Waals surface area contributed by atoms with Crippen LogP contribution in [0.4, 0.5) is 0 Å². The second kappa shape index (κ2) is 7.82. The lowest BCUT2D eigenvalue weighted by molar-refractivity contribution is -0.133. The standard InChI is InChI=1S/C16H19N3O3S/c1-4-8-19-13(17-18-16(19)23-10-14(20)21)9-22-15-11(2)6-5-7-12(15)3/h4-7H,1,8-10H2,2-3H3,(H,20,21). The van der Waals surface area contributed by atoms with Gasteiger partial charge in [0, 0.05) is 6.54 Å². The van der Waals surface area contributed by atoms with Gasteiger partial charge >= 0.3 is 5.97 Å². The Kier molecular flexibility index (Phi) is 5.81. The van der Waals surface area contributed by atoms with Crippen LogP contribution in [0, 0.1) is 13.8 Å². The molecular weight excluding hydrogens is 314 g/mol. The van der Waals surface area contributed by atoms with Crippen molar-refractivity contribution in [3.63, 3.8) is 0 Å². The van der Waals surface area contributed by atoms with Crippen molar-refractivity contribution in [3.8, 4) is 5.75 Å². The molecule has 0 aliphatic rings. The molecule has 7 heteroatoms. The number of carboxylic acids is 1. The van der Waals surface area contributed by atoms with Crippen LogP contribution in [0.25, 0.3) is 0 Å². The largest absolute Gasteiger partial charge is 0.485 e. The number of carboxylic acid groups (broad SMARTS) is 1. The van der Waals surface area contributed by atoms with Crippen LogP contribution in [0.1, 0.15) is 17.0 Å². The van der Waals surface area contributed by atoms with Crippen LogP contribution in [0.5, 0.6) is 5.75 Å². The summed E-state index contributed by atoms with van der Waals surface area (Å²) in [5.74, 6) is 0.518. The number of carbonyl (C=O) groups is 1. The molecule has 0 spiro atoms. The van der Waals surface area contributed by atoms with Crippen molar-refractivity contribution in [1.29, 1.82) is 0 Å². The molecule has 2 aromatic rings. The van der Waals surface area contributed by atoms with Gasteiger partial charge < -0.3 is 9.84 Å². The Bertz CT molecular complexity index is 692. The number of hydrogen-bond acceptors (Lipinski definition) is 5. The van der Waals surface area contributed by atoms with Gasteiger partial charge in [-0.25, -0.2) is 0 Å². The molecule has 0 saturated heterocycles.